The highest BCUT2D eigenvalue weighted by Gasteiger charge is 2.43. The van der Waals surface area contributed by atoms with Gasteiger partial charge in [-0.25, -0.2) is 4.79 Å². The molecule has 0 aromatic carbocycles. The monoisotopic (exact) mass is 324 g/mol. The summed E-state index contributed by atoms with van der Waals surface area (Å²) < 4.78 is 5.33. The second kappa shape index (κ2) is 7.73. The summed E-state index contributed by atoms with van der Waals surface area (Å²) in [6.45, 7) is 2.50. The van der Waals surface area contributed by atoms with E-state index in [2.05, 4.69) is 6.92 Å². The zero-order valence-electron chi connectivity index (χ0n) is 12.1. The quantitative estimate of drug-likeness (QED) is 0.585. The second-order valence-corrected chi connectivity index (χ2v) is 6.76. The van der Waals surface area contributed by atoms with Gasteiger partial charge in [-0.1, -0.05) is 38.3 Å². The highest BCUT2D eigenvalue weighted by Crippen LogP contribution is 2.36. The number of hydrogen-bond donors (Lipinski definition) is 1. The van der Waals surface area contributed by atoms with Crippen LogP contribution in [-0.2, 0) is 15.1 Å². The molecular formula is C16H20O3S2. The third kappa shape index (κ3) is 3.73. The first-order valence-corrected chi connectivity index (χ1v) is 8.93. The van der Waals surface area contributed by atoms with E-state index in [1.54, 1.807) is 12.1 Å². The largest absolute Gasteiger partial charge is 0.463 e. The van der Waals surface area contributed by atoms with E-state index in [4.69, 9.17) is 4.74 Å². The van der Waals surface area contributed by atoms with Crippen molar-refractivity contribution >= 4 is 28.6 Å². The first kappa shape index (κ1) is 16.2. The van der Waals surface area contributed by atoms with Gasteiger partial charge in [-0.15, -0.1) is 22.7 Å². The highest BCUT2D eigenvalue weighted by molar-refractivity contribution is 7.12. The average Bonchev–Trinajstić information content (AvgIpc) is 3.18. The van der Waals surface area contributed by atoms with Crippen LogP contribution in [-0.4, -0.2) is 17.7 Å². The van der Waals surface area contributed by atoms with Crippen molar-refractivity contribution in [1.29, 1.82) is 0 Å². The smallest absolute Gasteiger partial charge is 0.349 e. The van der Waals surface area contributed by atoms with Gasteiger partial charge < -0.3 is 9.84 Å². The van der Waals surface area contributed by atoms with Crippen molar-refractivity contribution in [3.63, 3.8) is 0 Å². The molecule has 21 heavy (non-hydrogen) atoms. The van der Waals surface area contributed by atoms with Crippen molar-refractivity contribution < 1.29 is 14.6 Å². The van der Waals surface area contributed by atoms with Crippen LogP contribution in [0.1, 0.15) is 42.4 Å². The predicted octanol–water partition coefficient (Wildman–Crippen LogP) is 4.17. The molecule has 0 aliphatic carbocycles. The molecule has 0 fully saturated rings. The number of hydrogen-bond acceptors (Lipinski definition) is 5. The summed E-state index contributed by atoms with van der Waals surface area (Å²) in [7, 11) is 0. The zero-order chi connectivity index (χ0) is 15.1. The van der Waals surface area contributed by atoms with Gasteiger partial charge >= 0.3 is 5.97 Å². The van der Waals surface area contributed by atoms with Gasteiger partial charge in [0.2, 0.25) is 5.60 Å². The van der Waals surface area contributed by atoms with Crippen LogP contribution in [0, 0.1) is 0 Å². The number of carbonyl (C=O) groups is 1. The molecule has 0 spiro atoms. The number of esters is 1. The minimum atomic E-state index is -1.67. The Morgan fingerprint density at radius 3 is 2.24 bits per heavy atom. The number of ether oxygens (including phenoxy) is 1. The molecule has 0 aliphatic rings. The molecule has 2 rings (SSSR count). The van der Waals surface area contributed by atoms with Crippen molar-refractivity contribution in [2.24, 2.45) is 0 Å². The molecule has 1 N–H and O–H groups in total. The van der Waals surface area contributed by atoms with Gasteiger partial charge in [0, 0.05) is 0 Å². The molecule has 0 saturated heterocycles. The lowest BCUT2D eigenvalue weighted by Gasteiger charge is -2.23. The molecule has 0 aliphatic heterocycles. The van der Waals surface area contributed by atoms with Gasteiger partial charge in [-0.3, -0.25) is 0 Å². The Hall–Kier alpha value is -1.17. The lowest BCUT2D eigenvalue weighted by atomic mass is 10.00. The summed E-state index contributed by atoms with van der Waals surface area (Å²) >= 11 is 2.72. The van der Waals surface area contributed by atoms with Crippen molar-refractivity contribution in [2.75, 3.05) is 6.61 Å². The lowest BCUT2D eigenvalue weighted by molar-refractivity contribution is -0.161. The standard InChI is InChI=1S/C16H20O3S2/c1-2-3-4-5-10-19-15(17)16(18,13-8-6-11-20-13)14-9-7-12-21-14/h6-9,11-12,18H,2-5,10H2,1H3. The fourth-order valence-electron chi connectivity index (χ4n) is 2.09. The molecule has 0 saturated carbocycles. The summed E-state index contributed by atoms with van der Waals surface area (Å²) in [5.41, 5.74) is -1.67. The van der Waals surface area contributed by atoms with Crippen LogP contribution in [0.25, 0.3) is 0 Å². The Morgan fingerprint density at radius 1 is 1.14 bits per heavy atom. The maximum absolute atomic E-state index is 12.4. The molecule has 3 nitrogen and oxygen atoms in total. The minimum absolute atomic E-state index is 0.359. The molecule has 2 heterocycles. The van der Waals surface area contributed by atoms with Gasteiger partial charge in [-0.05, 0) is 29.3 Å². The molecule has 0 bridgehead atoms. The zero-order valence-corrected chi connectivity index (χ0v) is 13.7. The van der Waals surface area contributed by atoms with Crippen LogP contribution in [0.15, 0.2) is 35.0 Å². The summed E-state index contributed by atoms with van der Waals surface area (Å²) in [5.74, 6) is -0.580. The van der Waals surface area contributed by atoms with E-state index in [0.29, 0.717) is 16.4 Å². The normalized spacial score (nSPS) is 11.5. The molecule has 2 aromatic rings. The molecule has 0 amide bonds. The van der Waals surface area contributed by atoms with E-state index in [-0.39, 0.29) is 0 Å². The van der Waals surface area contributed by atoms with Crippen LogP contribution < -0.4 is 0 Å². The van der Waals surface area contributed by atoms with Crippen LogP contribution in [0.4, 0.5) is 0 Å². The van der Waals surface area contributed by atoms with Gasteiger partial charge in [0.1, 0.15) is 0 Å². The SMILES string of the molecule is CCCCCCOC(=O)C(O)(c1cccs1)c1cccs1. The van der Waals surface area contributed by atoms with Crippen molar-refractivity contribution in [1.82, 2.24) is 0 Å². The Kier molecular flexibility index (Phi) is 5.96. The fraction of sp³-hybridized carbons (Fsp3) is 0.438. The number of thiophene rings is 2. The molecular weight excluding hydrogens is 304 g/mol. The van der Waals surface area contributed by atoms with Crippen LogP contribution in [0.2, 0.25) is 0 Å². The maximum atomic E-state index is 12.4. The molecule has 2 aromatic heterocycles. The molecule has 0 radical (unpaired) electrons. The van der Waals surface area contributed by atoms with E-state index >= 15 is 0 Å². The van der Waals surface area contributed by atoms with Crippen LogP contribution in [0.5, 0.6) is 0 Å². The molecule has 114 valence electrons. The van der Waals surface area contributed by atoms with Gasteiger partial charge in [0.15, 0.2) is 0 Å². The second-order valence-electron chi connectivity index (χ2n) is 4.86. The van der Waals surface area contributed by atoms with E-state index < -0.39 is 11.6 Å². The first-order valence-electron chi connectivity index (χ1n) is 7.17. The Bertz CT molecular complexity index is 498. The number of rotatable bonds is 8. The third-order valence-electron chi connectivity index (χ3n) is 3.28. The van der Waals surface area contributed by atoms with Gasteiger partial charge in [0.25, 0.3) is 0 Å². The Morgan fingerprint density at radius 2 is 1.76 bits per heavy atom. The Labute approximate surface area is 133 Å². The predicted molar refractivity (Wildman–Crippen MR) is 86.7 cm³/mol. The number of carbonyl (C=O) groups excluding carboxylic acids is 1. The maximum Gasteiger partial charge on any atom is 0.349 e. The van der Waals surface area contributed by atoms with Crippen molar-refractivity contribution in [2.45, 2.75) is 38.2 Å². The van der Waals surface area contributed by atoms with E-state index in [1.165, 1.54) is 22.7 Å². The number of unbranched alkanes of at least 4 members (excludes halogenated alkanes) is 3. The molecule has 5 heteroatoms. The third-order valence-corrected chi connectivity index (χ3v) is 5.24. The van der Waals surface area contributed by atoms with E-state index in [9.17, 15) is 9.90 Å². The van der Waals surface area contributed by atoms with E-state index in [0.717, 1.165) is 25.7 Å². The average molecular weight is 324 g/mol. The number of aliphatic hydroxyl groups is 1. The summed E-state index contributed by atoms with van der Waals surface area (Å²) in [6.07, 6.45) is 4.16. The van der Waals surface area contributed by atoms with Crippen molar-refractivity contribution in [3.05, 3.63) is 44.8 Å². The van der Waals surface area contributed by atoms with Gasteiger partial charge in [-0.2, -0.15) is 0 Å². The summed E-state index contributed by atoms with van der Waals surface area (Å²) in [4.78, 5) is 13.6. The minimum Gasteiger partial charge on any atom is -0.463 e. The van der Waals surface area contributed by atoms with Gasteiger partial charge in [0.05, 0.1) is 16.4 Å². The molecule has 0 atom stereocenters. The topological polar surface area (TPSA) is 46.5 Å². The fourth-order valence-corrected chi connectivity index (χ4v) is 3.80. The lowest BCUT2D eigenvalue weighted by Crippen LogP contribution is -2.37. The van der Waals surface area contributed by atoms with Crippen molar-refractivity contribution in [3.8, 4) is 0 Å². The van der Waals surface area contributed by atoms with E-state index in [1.807, 2.05) is 22.9 Å². The molecule has 0 unspecified atom stereocenters. The summed E-state index contributed by atoms with van der Waals surface area (Å²) in [6, 6.07) is 7.19. The summed E-state index contributed by atoms with van der Waals surface area (Å²) in [5, 5.41) is 14.6. The van der Waals surface area contributed by atoms with Crippen LogP contribution in [0.3, 0.4) is 0 Å². The Balaban J connectivity index is 2.08. The highest BCUT2D eigenvalue weighted by atomic mass is 32.1. The van der Waals surface area contributed by atoms with Crippen LogP contribution >= 0.6 is 22.7 Å². The first-order chi connectivity index (χ1) is 10.2.